The second-order valence-electron chi connectivity index (χ2n) is 6.82. The molecule has 1 fully saturated rings. The number of nitrogens with two attached hydrogens (primary N) is 1. The number of anilines is 1. The number of carbonyl (C=O) groups is 1. The highest BCUT2D eigenvalue weighted by atomic mass is 32.1. The number of thiophene rings is 1. The van der Waals surface area contributed by atoms with Crippen LogP contribution >= 0.6 is 22.7 Å². The van der Waals surface area contributed by atoms with Gasteiger partial charge in [-0.1, -0.05) is 17.4 Å². The molecule has 3 heterocycles. The van der Waals surface area contributed by atoms with E-state index < -0.39 is 0 Å². The van der Waals surface area contributed by atoms with Crippen LogP contribution in [0.2, 0.25) is 0 Å². The van der Waals surface area contributed by atoms with Crippen LogP contribution in [0.5, 0.6) is 0 Å². The van der Waals surface area contributed by atoms with Gasteiger partial charge in [-0.15, -0.1) is 11.3 Å². The highest BCUT2D eigenvalue weighted by Crippen LogP contribution is 2.28. The van der Waals surface area contributed by atoms with Crippen LogP contribution in [0.3, 0.4) is 0 Å². The summed E-state index contributed by atoms with van der Waals surface area (Å²) in [5.41, 5.74) is 8.38. The Balaban J connectivity index is 1.44. The molecular formula is C19H22N4OS2. The number of aryl methyl sites for hydroxylation is 1. The molecular weight excluding hydrogens is 364 g/mol. The van der Waals surface area contributed by atoms with Crippen molar-refractivity contribution < 1.29 is 4.79 Å². The molecule has 3 aromatic rings. The van der Waals surface area contributed by atoms with Gasteiger partial charge in [0.15, 0.2) is 5.13 Å². The van der Waals surface area contributed by atoms with Crippen LogP contribution in [-0.4, -0.2) is 34.9 Å². The second kappa shape index (κ2) is 7.34. The van der Waals surface area contributed by atoms with Gasteiger partial charge in [0.2, 0.25) is 0 Å². The van der Waals surface area contributed by atoms with Crippen molar-refractivity contribution in [1.29, 1.82) is 0 Å². The van der Waals surface area contributed by atoms with Crippen molar-refractivity contribution in [3.63, 3.8) is 0 Å². The fourth-order valence-electron chi connectivity index (χ4n) is 3.55. The number of rotatable bonds is 4. The van der Waals surface area contributed by atoms with E-state index in [0.29, 0.717) is 10.7 Å². The maximum absolute atomic E-state index is 12.8. The predicted molar refractivity (Wildman–Crippen MR) is 109 cm³/mol. The minimum atomic E-state index is -0.00931. The van der Waals surface area contributed by atoms with Crippen molar-refractivity contribution in [2.24, 2.45) is 0 Å². The first-order valence-electron chi connectivity index (χ1n) is 8.81. The zero-order valence-corrected chi connectivity index (χ0v) is 16.3. The number of aromatic nitrogens is 1. The molecule has 1 aliphatic heterocycles. The zero-order valence-electron chi connectivity index (χ0n) is 14.7. The highest BCUT2D eigenvalue weighted by Gasteiger charge is 2.22. The molecule has 3 N–H and O–H groups in total. The number of nitrogens with one attached hydrogen (secondary N) is 1. The van der Waals surface area contributed by atoms with E-state index in [1.165, 1.54) is 16.2 Å². The van der Waals surface area contributed by atoms with Crippen molar-refractivity contribution in [2.45, 2.75) is 32.4 Å². The van der Waals surface area contributed by atoms with E-state index in [9.17, 15) is 4.79 Å². The average Bonchev–Trinajstić information content (AvgIpc) is 3.24. The quantitative estimate of drug-likeness (QED) is 0.718. The summed E-state index contributed by atoms with van der Waals surface area (Å²) >= 11 is 3.22. The topological polar surface area (TPSA) is 71.2 Å². The number of likely N-dealkylation sites (tertiary alicyclic amines) is 1. The van der Waals surface area contributed by atoms with Crippen molar-refractivity contribution in [3.8, 4) is 0 Å². The molecule has 2 aromatic heterocycles. The number of fused-ring (bicyclic) bond motifs is 1. The Bertz CT molecular complexity index is 919. The first-order valence-corrected chi connectivity index (χ1v) is 10.5. The number of carbonyl (C=O) groups excluding carboxylic acids is 1. The van der Waals surface area contributed by atoms with Crippen LogP contribution in [-0.2, 0) is 6.54 Å². The first-order chi connectivity index (χ1) is 12.6. The van der Waals surface area contributed by atoms with E-state index >= 15 is 0 Å². The van der Waals surface area contributed by atoms with Gasteiger partial charge >= 0.3 is 0 Å². The maximum atomic E-state index is 12.8. The van der Waals surface area contributed by atoms with Gasteiger partial charge in [0.25, 0.3) is 5.91 Å². The van der Waals surface area contributed by atoms with Gasteiger partial charge in [0.1, 0.15) is 0 Å². The number of piperidine rings is 1. The van der Waals surface area contributed by atoms with Gasteiger partial charge in [0.05, 0.1) is 10.2 Å². The van der Waals surface area contributed by atoms with Gasteiger partial charge in [0, 0.05) is 29.6 Å². The van der Waals surface area contributed by atoms with Crippen molar-refractivity contribution in [3.05, 3.63) is 45.6 Å². The average molecular weight is 387 g/mol. The van der Waals surface area contributed by atoms with E-state index in [0.717, 1.165) is 48.3 Å². The summed E-state index contributed by atoms with van der Waals surface area (Å²) in [4.78, 5) is 20.9. The molecule has 5 nitrogen and oxygen atoms in total. The van der Waals surface area contributed by atoms with Gasteiger partial charge in [-0.2, -0.15) is 0 Å². The monoisotopic (exact) mass is 386 g/mol. The molecule has 0 saturated carbocycles. The van der Waals surface area contributed by atoms with Crippen LogP contribution in [0.25, 0.3) is 10.2 Å². The Morgan fingerprint density at radius 1 is 1.46 bits per heavy atom. The summed E-state index contributed by atoms with van der Waals surface area (Å²) in [5.74, 6) is -0.00931. The van der Waals surface area contributed by atoms with Crippen LogP contribution in [0, 0.1) is 6.92 Å². The third-order valence-electron chi connectivity index (χ3n) is 4.76. The molecule has 1 saturated heterocycles. The summed E-state index contributed by atoms with van der Waals surface area (Å²) in [5, 5.41) is 5.87. The molecule has 4 rings (SSSR count). The number of nitrogen functional groups attached to an aromatic ring is 1. The minimum absolute atomic E-state index is 0.00931. The maximum Gasteiger partial charge on any atom is 0.251 e. The van der Waals surface area contributed by atoms with Gasteiger partial charge in [-0.25, -0.2) is 4.98 Å². The SMILES string of the molecule is Cc1cc(C(=O)NC2CCCN(Cc3cccs3)C2)cc2sc(N)nc12. The molecule has 26 heavy (non-hydrogen) atoms. The van der Waals surface area contributed by atoms with Crippen molar-refractivity contribution in [2.75, 3.05) is 18.8 Å². The molecule has 7 heteroatoms. The summed E-state index contributed by atoms with van der Waals surface area (Å²) in [6.07, 6.45) is 2.14. The van der Waals surface area contributed by atoms with Crippen LogP contribution < -0.4 is 11.1 Å². The molecule has 0 spiro atoms. The lowest BCUT2D eigenvalue weighted by Gasteiger charge is -2.32. The molecule has 1 amide bonds. The Morgan fingerprint density at radius 2 is 2.35 bits per heavy atom. The zero-order chi connectivity index (χ0) is 18.1. The number of hydrogen-bond donors (Lipinski definition) is 2. The molecule has 1 aromatic carbocycles. The van der Waals surface area contributed by atoms with Crippen LogP contribution in [0.1, 0.15) is 33.6 Å². The lowest BCUT2D eigenvalue weighted by atomic mass is 10.0. The summed E-state index contributed by atoms with van der Waals surface area (Å²) in [6, 6.07) is 8.26. The summed E-state index contributed by atoms with van der Waals surface area (Å²) in [6.45, 7) is 4.94. The molecule has 0 bridgehead atoms. The lowest BCUT2D eigenvalue weighted by molar-refractivity contribution is 0.0901. The fourth-order valence-corrected chi connectivity index (χ4v) is 5.15. The first kappa shape index (κ1) is 17.5. The molecule has 1 unspecified atom stereocenters. The third-order valence-corrected chi connectivity index (χ3v) is 6.46. The molecule has 0 radical (unpaired) electrons. The number of benzene rings is 1. The lowest BCUT2D eigenvalue weighted by Crippen LogP contribution is -2.47. The van der Waals surface area contributed by atoms with E-state index in [-0.39, 0.29) is 11.9 Å². The Hall–Kier alpha value is -1.96. The van der Waals surface area contributed by atoms with Crippen LogP contribution in [0.15, 0.2) is 29.6 Å². The smallest absolute Gasteiger partial charge is 0.251 e. The Labute approximate surface area is 160 Å². The van der Waals surface area contributed by atoms with E-state index in [2.05, 4.69) is 32.7 Å². The molecule has 0 aliphatic carbocycles. The standard InChI is InChI=1S/C19H22N4OS2/c1-12-8-13(9-16-17(12)22-19(20)26-16)18(24)21-14-4-2-6-23(10-14)11-15-5-3-7-25-15/h3,5,7-9,14H,2,4,6,10-11H2,1H3,(H2,20,22)(H,21,24). The fraction of sp³-hybridized carbons (Fsp3) is 0.368. The van der Waals surface area contributed by atoms with Crippen molar-refractivity contribution in [1.82, 2.24) is 15.2 Å². The normalized spacial score (nSPS) is 18.3. The second-order valence-corrected chi connectivity index (χ2v) is 8.91. The number of hydrogen-bond acceptors (Lipinski definition) is 6. The minimum Gasteiger partial charge on any atom is -0.375 e. The highest BCUT2D eigenvalue weighted by molar-refractivity contribution is 7.22. The van der Waals surface area contributed by atoms with Gasteiger partial charge in [-0.05, 0) is 55.5 Å². The Morgan fingerprint density at radius 3 is 3.15 bits per heavy atom. The van der Waals surface area contributed by atoms with Crippen molar-refractivity contribution >= 4 is 43.9 Å². The number of amides is 1. The summed E-state index contributed by atoms with van der Waals surface area (Å²) in [7, 11) is 0. The summed E-state index contributed by atoms with van der Waals surface area (Å²) < 4.78 is 0.968. The number of thiazole rings is 1. The Kier molecular flexibility index (Phi) is 4.93. The van der Waals surface area contributed by atoms with E-state index in [1.807, 2.05) is 19.1 Å². The molecule has 1 atom stereocenters. The largest absolute Gasteiger partial charge is 0.375 e. The number of nitrogens with zero attached hydrogens (tertiary/aromatic N) is 2. The molecule has 136 valence electrons. The van der Waals surface area contributed by atoms with Gasteiger partial charge in [-0.3, -0.25) is 9.69 Å². The predicted octanol–water partition coefficient (Wildman–Crippen LogP) is 3.64. The van der Waals surface area contributed by atoms with Crippen LogP contribution in [0.4, 0.5) is 5.13 Å². The van der Waals surface area contributed by atoms with E-state index in [1.54, 1.807) is 11.3 Å². The van der Waals surface area contributed by atoms with Gasteiger partial charge < -0.3 is 11.1 Å². The molecule has 1 aliphatic rings. The van der Waals surface area contributed by atoms with E-state index in [4.69, 9.17) is 5.73 Å². The third kappa shape index (κ3) is 3.75.